The van der Waals surface area contributed by atoms with Crippen LogP contribution in [-0.4, -0.2) is 24.9 Å². The number of furan rings is 1. The molecule has 6 heteroatoms. The first-order valence-electron chi connectivity index (χ1n) is 8.32. The van der Waals surface area contributed by atoms with Crippen LogP contribution in [0.4, 0.5) is 4.39 Å². The van der Waals surface area contributed by atoms with Gasteiger partial charge in [-0.15, -0.1) is 0 Å². The fraction of sp³-hybridized carbons (Fsp3) is 0.200. The number of amides is 2. The molecule has 0 aliphatic rings. The summed E-state index contributed by atoms with van der Waals surface area (Å²) in [5, 5.41) is 5.82. The molecule has 0 aliphatic heterocycles. The molecule has 2 N–H and O–H groups in total. The van der Waals surface area contributed by atoms with Gasteiger partial charge in [-0.05, 0) is 37.1 Å². The van der Waals surface area contributed by atoms with Crippen LogP contribution in [0.5, 0.6) is 0 Å². The summed E-state index contributed by atoms with van der Waals surface area (Å²) in [5.74, 6) is -1.10. The summed E-state index contributed by atoms with van der Waals surface area (Å²) >= 11 is 0. The summed E-state index contributed by atoms with van der Waals surface area (Å²) in [4.78, 5) is 24.1. The molecule has 134 valence electrons. The number of hydrogen-bond donors (Lipinski definition) is 2. The van der Waals surface area contributed by atoms with Crippen molar-refractivity contribution in [2.75, 3.05) is 13.1 Å². The van der Waals surface area contributed by atoms with Crippen LogP contribution in [-0.2, 0) is 11.2 Å². The number of carbonyl (C=O) groups is 2. The molecule has 0 spiro atoms. The number of fused-ring (bicyclic) bond motifs is 1. The molecule has 0 fully saturated rings. The fourth-order valence-corrected chi connectivity index (χ4v) is 2.70. The lowest BCUT2D eigenvalue weighted by Gasteiger charge is -2.06. The van der Waals surface area contributed by atoms with E-state index in [4.69, 9.17) is 4.42 Å². The maximum Gasteiger partial charge on any atom is 0.287 e. The molecular formula is C20H19FN2O3. The largest absolute Gasteiger partial charge is 0.451 e. The highest BCUT2D eigenvalue weighted by atomic mass is 19.1. The predicted molar refractivity (Wildman–Crippen MR) is 96.4 cm³/mol. The molecule has 1 aromatic heterocycles. The number of carbonyl (C=O) groups excluding carboxylic acids is 2. The minimum atomic E-state index is -0.502. The van der Waals surface area contributed by atoms with Crippen molar-refractivity contribution in [1.29, 1.82) is 0 Å². The van der Waals surface area contributed by atoms with Crippen LogP contribution in [0.1, 0.15) is 21.7 Å². The van der Waals surface area contributed by atoms with E-state index in [0.717, 1.165) is 12.0 Å². The Kier molecular flexibility index (Phi) is 5.31. The van der Waals surface area contributed by atoms with E-state index in [1.807, 2.05) is 30.3 Å². The van der Waals surface area contributed by atoms with Crippen molar-refractivity contribution in [3.63, 3.8) is 0 Å². The summed E-state index contributed by atoms with van der Waals surface area (Å²) in [6, 6.07) is 13.9. The fourth-order valence-electron chi connectivity index (χ4n) is 2.70. The maximum atomic E-state index is 13.3. The van der Waals surface area contributed by atoms with Crippen molar-refractivity contribution in [3.05, 3.63) is 71.2 Å². The molecule has 0 atom stereocenters. The third kappa shape index (κ3) is 4.08. The summed E-state index contributed by atoms with van der Waals surface area (Å²) in [6.45, 7) is 2.01. The van der Waals surface area contributed by atoms with E-state index in [1.165, 1.54) is 18.2 Å². The molecule has 0 aliphatic carbocycles. The Balaban J connectivity index is 1.52. The Morgan fingerprint density at radius 2 is 1.85 bits per heavy atom. The van der Waals surface area contributed by atoms with E-state index >= 15 is 0 Å². The molecule has 1 heterocycles. The summed E-state index contributed by atoms with van der Waals surface area (Å²) in [7, 11) is 0. The van der Waals surface area contributed by atoms with E-state index in [-0.39, 0.29) is 18.2 Å². The second kappa shape index (κ2) is 7.82. The van der Waals surface area contributed by atoms with Crippen molar-refractivity contribution >= 4 is 22.8 Å². The average Bonchev–Trinajstić information content (AvgIpc) is 2.97. The van der Waals surface area contributed by atoms with Gasteiger partial charge in [0.05, 0.1) is 6.54 Å². The van der Waals surface area contributed by atoms with Gasteiger partial charge in [-0.3, -0.25) is 9.59 Å². The van der Waals surface area contributed by atoms with E-state index < -0.39 is 11.7 Å². The van der Waals surface area contributed by atoms with Crippen LogP contribution < -0.4 is 10.6 Å². The van der Waals surface area contributed by atoms with Crippen molar-refractivity contribution in [3.8, 4) is 0 Å². The van der Waals surface area contributed by atoms with E-state index in [9.17, 15) is 14.0 Å². The number of aryl methyl sites for hydroxylation is 1. The van der Waals surface area contributed by atoms with E-state index in [1.54, 1.807) is 6.92 Å². The number of halogens is 1. The van der Waals surface area contributed by atoms with Crippen LogP contribution >= 0.6 is 0 Å². The highest BCUT2D eigenvalue weighted by Gasteiger charge is 2.18. The van der Waals surface area contributed by atoms with Gasteiger partial charge in [-0.1, -0.05) is 30.3 Å². The van der Waals surface area contributed by atoms with Gasteiger partial charge in [0.2, 0.25) is 5.91 Å². The molecule has 0 saturated carbocycles. The Hall–Kier alpha value is -3.15. The SMILES string of the molecule is Cc1c(C(=O)NCC(=O)NCCc2ccccc2)oc2ccc(F)cc12. The van der Waals surface area contributed by atoms with Gasteiger partial charge in [-0.2, -0.15) is 0 Å². The van der Waals surface area contributed by atoms with Gasteiger partial charge in [0.25, 0.3) is 5.91 Å². The quantitative estimate of drug-likeness (QED) is 0.715. The number of hydrogen-bond acceptors (Lipinski definition) is 3. The highest BCUT2D eigenvalue weighted by Crippen LogP contribution is 2.25. The second-order valence-corrected chi connectivity index (χ2v) is 5.96. The van der Waals surface area contributed by atoms with Crippen LogP contribution in [0.15, 0.2) is 52.9 Å². The topological polar surface area (TPSA) is 71.3 Å². The summed E-state index contributed by atoms with van der Waals surface area (Å²) in [6.07, 6.45) is 0.717. The smallest absolute Gasteiger partial charge is 0.287 e. The van der Waals surface area contributed by atoms with Crippen molar-refractivity contribution in [2.45, 2.75) is 13.3 Å². The Morgan fingerprint density at radius 1 is 1.08 bits per heavy atom. The van der Waals surface area contributed by atoms with Crippen LogP contribution in [0.2, 0.25) is 0 Å². The molecule has 0 unspecified atom stereocenters. The second-order valence-electron chi connectivity index (χ2n) is 5.96. The highest BCUT2D eigenvalue weighted by molar-refractivity contribution is 6.00. The molecule has 2 amide bonds. The first-order chi connectivity index (χ1) is 12.5. The monoisotopic (exact) mass is 354 g/mol. The number of benzene rings is 2. The molecule has 5 nitrogen and oxygen atoms in total. The Bertz CT molecular complexity index is 935. The van der Waals surface area contributed by atoms with E-state index in [2.05, 4.69) is 10.6 Å². The van der Waals surface area contributed by atoms with Gasteiger partial charge in [0, 0.05) is 17.5 Å². The number of nitrogens with one attached hydrogen (secondary N) is 2. The minimum Gasteiger partial charge on any atom is -0.451 e. The van der Waals surface area contributed by atoms with Crippen LogP contribution in [0.25, 0.3) is 11.0 Å². The first-order valence-corrected chi connectivity index (χ1v) is 8.32. The van der Waals surface area contributed by atoms with Crippen LogP contribution in [0.3, 0.4) is 0 Å². The molecular weight excluding hydrogens is 335 g/mol. The lowest BCUT2D eigenvalue weighted by atomic mass is 10.1. The summed E-state index contributed by atoms with van der Waals surface area (Å²) < 4.78 is 18.8. The van der Waals surface area contributed by atoms with E-state index in [0.29, 0.717) is 23.1 Å². The molecule has 2 aromatic carbocycles. The molecule has 0 bridgehead atoms. The molecule has 0 saturated heterocycles. The third-order valence-electron chi connectivity index (χ3n) is 4.09. The molecule has 0 radical (unpaired) electrons. The van der Waals surface area contributed by atoms with Crippen molar-refractivity contribution < 1.29 is 18.4 Å². The number of rotatable bonds is 6. The Labute approximate surface area is 150 Å². The van der Waals surface area contributed by atoms with Crippen molar-refractivity contribution in [2.24, 2.45) is 0 Å². The third-order valence-corrected chi connectivity index (χ3v) is 4.09. The maximum absolute atomic E-state index is 13.3. The van der Waals surface area contributed by atoms with Gasteiger partial charge in [-0.25, -0.2) is 4.39 Å². The average molecular weight is 354 g/mol. The predicted octanol–water partition coefficient (Wildman–Crippen LogP) is 2.97. The van der Waals surface area contributed by atoms with Crippen molar-refractivity contribution in [1.82, 2.24) is 10.6 Å². The zero-order valence-corrected chi connectivity index (χ0v) is 14.3. The standard InChI is InChI=1S/C20H19FN2O3/c1-13-16-11-15(21)7-8-17(16)26-19(13)20(25)23-12-18(24)22-10-9-14-5-3-2-4-6-14/h2-8,11H,9-10,12H2,1H3,(H,22,24)(H,23,25). The summed E-state index contributed by atoms with van der Waals surface area (Å²) in [5.41, 5.74) is 2.10. The molecule has 26 heavy (non-hydrogen) atoms. The molecule has 3 rings (SSSR count). The zero-order chi connectivity index (χ0) is 18.5. The minimum absolute atomic E-state index is 0.0858. The Morgan fingerprint density at radius 3 is 2.62 bits per heavy atom. The zero-order valence-electron chi connectivity index (χ0n) is 14.3. The van der Waals surface area contributed by atoms with Gasteiger partial charge in [0.1, 0.15) is 11.4 Å². The van der Waals surface area contributed by atoms with Gasteiger partial charge >= 0.3 is 0 Å². The lowest BCUT2D eigenvalue weighted by molar-refractivity contribution is -0.120. The first kappa shape index (κ1) is 17.7. The molecule has 3 aromatic rings. The lowest BCUT2D eigenvalue weighted by Crippen LogP contribution is -2.37. The normalized spacial score (nSPS) is 10.7. The van der Waals surface area contributed by atoms with Gasteiger partial charge < -0.3 is 15.1 Å². The van der Waals surface area contributed by atoms with Gasteiger partial charge in [0.15, 0.2) is 5.76 Å². The van der Waals surface area contributed by atoms with Crippen LogP contribution in [0, 0.1) is 12.7 Å².